The molecule has 7 heteroatoms. The van der Waals surface area contributed by atoms with Gasteiger partial charge in [0.15, 0.2) is 0 Å². The third-order valence-electron chi connectivity index (χ3n) is 4.46. The second-order valence-electron chi connectivity index (χ2n) is 6.62. The fourth-order valence-corrected chi connectivity index (χ4v) is 2.84. The summed E-state index contributed by atoms with van der Waals surface area (Å²) >= 11 is 0. The van der Waals surface area contributed by atoms with Gasteiger partial charge >= 0.3 is 0 Å². The first-order valence-corrected chi connectivity index (χ1v) is 8.98. The Hall–Kier alpha value is -3.87. The van der Waals surface area contributed by atoms with Gasteiger partial charge in [-0.25, -0.2) is 0 Å². The van der Waals surface area contributed by atoms with E-state index in [4.69, 9.17) is 10.6 Å². The Bertz CT molecular complexity index is 1130. The average Bonchev–Trinajstić information content (AvgIpc) is 2.69. The van der Waals surface area contributed by atoms with Gasteiger partial charge < -0.3 is 15.9 Å². The second-order valence-corrected chi connectivity index (χ2v) is 6.62. The normalized spacial score (nSPS) is 10.4. The van der Waals surface area contributed by atoms with Crippen molar-refractivity contribution in [2.24, 2.45) is 5.73 Å². The number of carbonyl (C=O) groups is 2. The van der Waals surface area contributed by atoms with E-state index < -0.39 is 17.4 Å². The van der Waals surface area contributed by atoms with Crippen LogP contribution in [0.3, 0.4) is 0 Å². The number of nitrogens with two attached hydrogens (primary N) is 1. The van der Waals surface area contributed by atoms with Crippen molar-refractivity contribution in [1.29, 1.82) is 0 Å². The molecule has 0 aliphatic heterocycles. The van der Waals surface area contributed by atoms with Gasteiger partial charge in [-0.2, -0.15) is 4.73 Å². The van der Waals surface area contributed by atoms with Gasteiger partial charge in [-0.15, -0.1) is 0 Å². The number of aromatic nitrogens is 1. The molecule has 7 nitrogen and oxygen atoms in total. The highest BCUT2D eigenvalue weighted by molar-refractivity contribution is 6.08. The summed E-state index contributed by atoms with van der Waals surface area (Å²) < 4.78 is 1.02. The molecule has 2 amide bonds. The lowest BCUT2D eigenvalue weighted by Crippen LogP contribution is -2.32. The zero-order valence-electron chi connectivity index (χ0n) is 16.1. The summed E-state index contributed by atoms with van der Waals surface area (Å²) in [7, 11) is 0. The number of rotatable bonds is 6. The number of aryl methyl sites for hydroxylation is 2. The zero-order valence-corrected chi connectivity index (χ0v) is 16.1. The van der Waals surface area contributed by atoms with Crippen LogP contribution < -0.4 is 21.4 Å². The number of pyridine rings is 1. The molecule has 0 saturated carbocycles. The smallest absolute Gasteiger partial charge is 0.295 e. The molecule has 148 valence electrons. The minimum absolute atomic E-state index is 0.118. The minimum Gasteiger partial charge on any atom is -0.406 e. The molecule has 0 saturated heterocycles. The van der Waals surface area contributed by atoms with E-state index in [1.807, 2.05) is 32.0 Å². The number of primary amides is 1. The lowest BCUT2D eigenvalue weighted by Gasteiger charge is -2.12. The van der Waals surface area contributed by atoms with Gasteiger partial charge in [0.25, 0.3) is 17.4 Å². The number of anilines is 1. The first kappa shape index (κ1) is 19.9. The van der Waals surface area contributed by atoms with Crippen LogP contribution in [0.4, 0.5) is 5.69 Å². The van der Waals surface area contributed by atoms with Gasteiger partial charge in [-0.3, -0.25) is 14.4 Å². The van der Waals surface area contributed by atoms with E-state index in [2.05, 4.69) is 5.32 Å². The highest BCUT2D eigenvalue weighted by atomic mass is 16.7. The van der Waals surface area contributed by atoms with E-state index in [0.29, 0.717) is 0 Å². The van der Waals surface area contributed by atoms with E-state index in [1.54, 1.807) is 18.2 Å². The van der Waals surface area contributed by atoms with Crippen molar-refractivity contribution in [3.8, 4) is 0 Å². The molecule has 3 N–H and O–H groups in total. The van der Waals surface area contributed by atoms with Crippen molar-refractivity contribution in [3.63, 3.8) is 0 Å². The summed E-state index contributed by atoms with van der Waals surface area (Å²) in [6.45, 7) is 4.12. The van der Waals surface area contributed by atoms with Crippen molar-refractivity contribution in [2.45, 2.75) is 20.5 Å². The minimum atomic E-state index is -0.678. The van der Waals surface area contributed by atoms with Crippen LogP contribution in [0.2, 0.25) is 0 Å². The molecular formula is C22H21N3O4. The standard InChI is InChI=1S/C22H21N3O4/c1-14-9-10-15(2)16(12-14)13-29-25-11-5-7-18(22(25)28)21(27)24-19-8-4-3-6-17(19)20(23)26/h3-12H,13H2,1-2H3,(H2,23,26)(H,24,27). The lowest BCUT2D eigenvalue weighted by molar-refractivity contribution is 0.0860. The molecule has 0 atom stereocenters. The third kappa shape index (κ3) is 4.52. The van der Waals surface area contributed by atoms with Gasteiger partial charge in [0.2, 0.25) is 0 Å². The van der Waals surface area contributed by atoms with Crippen LogP contribution in [0.25, 0.3) is 0 Å². The summed E-state index contributed by atoms with van der Waals surface area (Å²) in [4.78, 5) is 42.4. The number of nitrogens with one attached hydrogen (secondary N) is 1. The van der Waals surface area contributed by atoms with Crippen LogP contribution in [0.15, 0.2) is 65.6 Å². The van der Waals surface area contributed by atoms with Gasteiger partial charge in [-0.05, 0) is 49.2 Å². The summed E-state index contributed by atoms with van der Waals surface area (Å²) in [6, 6.07) is 15.2. The third-order valence-corrected chi connectivity index (χ3v) is 4.46. The highest BCUT2D eigenvalue weighted by Crippen LogP contribution is 2.15. The molecule has 1 aromatic heterocycles. The van der Waals surface area contributed by atoms with E-state index in [0.717, 1.165) is 21.4 Å². The molecule has 3 aromatic rings. The van der Waals surface area contributed by atoms with E-state index in [9.17, 15) is 14.4 Å². The number of nitrogens with zero attached hydrogens (tertiary/aromatic N) is 1. The zero-order chi connectivity index (χ0) is 21.0. The molecule has 0 bridgehead atoms. The molecule has 1 heterocycles. The SMILES string of the molecule is Cc1ccc(C)c(COn2cccc(C(=O)Nc3ccccc3C(N)=O)c2=O)c1. The first-order valence-electron chi connectivity index (χ1n) is 8.98. The predicted octanol–water partition coefficient (Wildman–Crippen LogP) is 2.45. The van der Waals surface area contributed by atoms with Gasteiger partial charge in [0, 0.05) is 6.20 Å². The second kappa shape index (κ2) is 8.43. The molecule has 0 aliphatic carbocycles. The molecular weight excluding hydrogens is 370 g/mol. The van der Waals surface area contributed by atoms with Crippen LogP contribution >= 0.6 is 0 Å². The van der Waals surface area contributed by atoms with Gasteiger partial charge in [0.1, 0.15) is 12.2 Å². The molecule has 3 rings (SSSR count). The maximum Gasteiger partial charge on any atom is 0.295 e. The Kier molecular flexibility index (Phi) is 5.78. The van der Waals surface area contributed by atoms with Crippen LogP contribution in [-0.4, -0.2) is 16.5 Å². The Labute approximate surface area is 167 Å². The Morgan fingerprint density at radius 2 is 1.76 bits per heavy atom. The monoisotopic (exact) mass is 391 g/mol. The maximum atomic E-state index is 12.7. The molecule has 0 radical (unpaired) electrons. The number of benzene rings is 2. The number of hydrogen-bond acceptors (Lipinski definition) is 4. The largest absolute Gasteiger partial charge is 0.406 e. The summed E-state index contributed by atoms with van der Waals surface area (Å²) in [5.74, 6) is -1.34. The fourth-order valence-electron chi connectivity index (χ4n) is 2.84. The predicted molar refractivity (Wildman–Crippen MR) is 110 cm³/mol. The van der Waals surface area contributed by atoms with E-state index in [-0.39, 0.29) is 23.4 Å². The Morgan fingerprint density at radius 1 is 1.03 bits per heavy atom. The quantitative estimate of drug-likeness (QED) is 0.673. The summed E-state index contributed by atoms with van der Waals surface area (Å²) in [5, 5.41) is 2.56. The number of para-hydroxylation sites is 1. The van der Waals surface area contributed by atoms with Crippen LogP contribution in [0, 0.1) is 13.8 Å². The highest BCUT2D eigenvalue weighted by Gasteiger charge is 2.16. The molecule has 0 aliphatic rings. The molecule has 0 spiro atoms. The van der Waals surface area contributed by atoms with Crippen molar-refractivity contribution < 1.29 is 14.4 Å². The van der Waals surface area contributed by atoms with Crippen LogP contribution in [0.1, 0.15) is 37.4 Å². The molecule has 0 unspecified atom stereocenters. The van der Waals surface area contributed by atoms with Crippen LogP contribution in [0.5, 0.6) is 0 Å². The van der Waals surface area contributed by atoms with Crippen molar-refractivity contribution in [3.05, 3.63) is 99.0 Å². The Morgan fingerprint density at radius 3 is 2.52 bits per heavy atom. The van der Waals surface area contributed by atoms with Crippen molar-refractivity contribution >= 4 is 17.5 Å². The first-order chi connectivity index (χ1) is 13.9. The van der Waals surface area contributed by atoms with Gasteiger partial charge in [0.05, 0.1) is 11.3 Å². The Balaban J connectivity index is 1.81. The van der Waals surface area contributed by atoms with Crippen molar-refractivity contribution in [2.75, 3.05) is 5.32 Å². The lowest BCUT2D eigenvalue weighted by atomic mass is 10.1. The topological polar surface area (TPSA) is 103 Å². The summed E-state index contributed by atoms with van der Waals surface area (Å²) in [6.07, 6.45) is 1.45. The summed E-state index contributed by atoms with van der Waals surface area (Å²) in [5.41, 5.74) is 8.06. The van der Waals surface area contributed by atoms with Crippen LogP contribution in [-0.2, 0) is 6.61 Å². The molecule has 29 heavy (non-hydrogen) atoms. The number of amides is 2. The fraction of sp³-hybridized carbons (Fsp3) is 0.136. The maximum absolute atomic E-state index is 12.7. The molecule has 2 aromatic carbocycles. The molecule has 0 fully saturated rings. The number of carbonyl (C=O) groups excluding carboxylic acids is 2. The van der Waals surface area contributed by atoms with Gasteiger partial charge in [-0.1, -0.05) is 35.9 Å². The van der Waals surface area contributed by atoms with E-state index in [1.165, 1.54) is 24.4 Å². The van der Waals surface area contributed by atoms with E-state index >= 15 is 0 Å². The number of hydrogen-bond donors (Lipinski definition) is 2. The van der Waals surface area contributed by atoms with Crippen molar-refractivity contribution in [1.82, 2.24) is 4.73 Å². The average molecular weight is 391 g/mol.